The fourth-order valence-electron chi connectivity index (χ4n) is 4.06. The predicted octanol–water partition coefficient (Wildman–Crippen LogP) is 5.00. The van der Waals surface area contributed by atoms with Gasteiger partial charge in [0.05, 0.1) is 41.0 Å². The number of carboxylic acids is 1. The molecule has 8 nitrogen and oxygen atoms in total. The van der Waals surface area contributed by atoms with Gasteiger partial charge in [-0.25, -0.2) is 9.37 Å². The van der Waals surface area contributed by atoms with E-state index in [1.165, 1.54) is 26.2 Å². The maximum absolute atomic E-state index is 14.3. The second kappa shape index (κ2) is 8.26. The second-order valence-corrected chi connectivity index (χ2v) is 9.31. The van der Waals surface area contributed by atoms with Gasteiger partial charge >= 0.3 is 5.97 Å². The van der Waals surface area contributed by atoms with Crippen molar-refractivity contribution in [1.82, 2.24) is 24.7 Å². The Balaban J connectivity index is 1.39. The average molecular weight is 473 g/mol. The molecule has 0 radical (unpaired) electrons. The molecule has 0 saturated heterocycles. The smallest absolute Gasteiger partial charge is 0.314 e. The molecule has 1 aliphatic rings. The molecule has 2 N–H and O–H groups in total. The van der Waals surface area contributed by atoms with Crippen LogP contribution in [-0.4, -0.2) is 35.8 Å². The largest absolute Gasteiger partial charge is 0.481 e. The molecule has 1 aliphatic carbocycles. The molecule has 1 saturated carbocycles. The van der Waals surface area contributed by atoms with Crippen LogP contribution in [0.3, 0.4) is 0 Å². The maximum atomic E-state index is 14.3. The van der Waals surface area contributed by atoms with Crippen molar-refractivity contribution in [2.45, 2.75) is 37.8 Å². The third-order valence-electron chi connectivity index (χ3n) is 6.40. The second-order valence-electron chi connectivity index (χ2n) is 9.31. The highest BCUT2D eigenvalue weighted by Crippen LogP contribution is 2.48. The predicted molar refractivity (Wildman–Crippen MR) is 130 cm³/mol. The Kier molecular flexibility index (Phi) is 5.35. The molecule has 0 spiro atoms. The fourth-order valence-corrected chi connectivity index (χ4v) is 4.06. The van der Waals surface area contributed by atoms with Crippen molar-refractivity contribution in [3.05, 3.63) is 72.4 Å². The van der Waals surface area contributed by atoms with Crippen molar-refractivity contribution in [3.8, 4) is 22.4 Å². The quantitative estimate of drug-likeness (QED) is 0.390. The number of hydrogen-bond donors (Lipinski definition) is 2. The lowest BCUT2D eigenvalue weighted by molar-refractivity contribution is -0.140. The summed E-state index contributed by atoms with van der Waals surface area (Å²) < 4.78 is 16.0. The van der Waals surface area contributed by atoms with Crippen LogP contribution in [0.4, 0.5) is 16.0 Å². The number of benzene rings is 1. The van der Waals surface area contributed by atoms with Crippen molar-refractivity contribution in [3.63, 3.8) is 0 Å². The zero-order chi connectivity index (χ0) is 24.8. The highest BCUT2D eigenvalue weighted by molar-refractivity contribution is 5.85. The van der Waals surface area contributed by atoms with E-state index < -0.39 is 17.1 Å². The van der Waals surface area contributed by atoms with Crippen LogP contribution in [0.5, 0.6) is 0 Å². The highest BCUT2D eigenvalue weighted by Gasteiger charge is 2.51. The lowest BCUT2D eigenvalue weighted by atomic mass is 9.94. The van der Waals surface area contributed by atoms with E-state index in [9.17, 15) is 14.3 Å². The van der Waals surface area contributed by atoms with Crippen molar-refractivity contribution < 1.29 is 14.3 Å². The molecule has 0 amide bonds. The molecular weight excluding hydrogens is 447 g/mol. The molecule has 1 fully saturated rings. The highest BCUT2D eigenvalue weighted by atomic mass is 19.1. The van der Waals surface area contributed by atoms with Crippen LogP contribution in [0.1, 0.15) is 37.9 Å². The average Bonchev–Trinajstić information content (AvgIpc) is 3.59. The number of pyridine rings is 1. The van der Waals surface area contributed by atoms with Gasteiger partial charge < -0.3 is 10.4 Å². The number of anilines is 2. The number of halogens is 1. The first-order valence-corrected chi connectivity index (χ1v) is 11.3. The lowest BCUT2D eigenvalue weighted by Crippen LogP contribution is -2.19. The van der Waals surface area contributed by atoms with Gasteiger partial charge in [0.1, 0.15) is 11.5 Å². The van der Waals surface area contributed by atoms with Gasteiger partial charge in [0.2, 0.25) is 0 Å². The van der Waals surface area contributed by atoms with Crippen LogP contribution in [0.25, 0.3) is 22.4 Å². The fraction of sp³-hybridized carbons (Fsp3) is 0.269. The number of nitrogens with one attached hydrogen (secondary N) is 1. The Morgan fingerprint density at radius 1 is 1.06 bits per heavy atom. The minimum absolute atomic E-state index is 0.232. The Labute approximate surface area is 201 Å². The molecule has 5 rings (SSSR count). The number of hydrogen-bond acceptors (Lipinski definition) is 6. The van der Waals surface area contributed by atoms with Crippen molar-refractivity contribution >= 4 is 17.6 Å². The lowest BCUT2D eigenvalue weighted by Gasteiger charge is -2.15. The minimum atomic E-state index is -1.61. The number of carbonyl (C=O) groups is 1. The molecule has 0 bridgehead atoms. The van der Waals surface area contributed by atoms with Crippen LogP contribution < -0.4 is 5.32 Å². The number of rotatable bonds is 7. The van der Waals surface area contributed by atoms with E-state index in [1.807, 2.05) is 36.4 Å². The van der Waals surface area contributed by atoms with Crippen LogP contribution in [0.2, 0.25) is 0 Å². The third kappa shape index (κ3) is 4.25. The molecular formula is C26H25FN6O2. The molecule has 35 heavy (non-hydrogen) atoms. The Bertz CT molecular complexity index is 1390. The summed E-state index contributed by atoms with van der Waals surface area (Å²) in [6, 6.07) is 11.5. The summed E-state index contributed by atoms with van der Waals surface area (Å²) in [7, 11) is 1.79. The minimum Gasteiger partial charge on any atom is -0.481 e. The summed E-state index contributed by atoms with van der Waals surface area (Å²) in [4.78, 5) is 24.6. The zero-order valence-electron chi connectivity index (χ0n) is 19.7. The van der Waals surface area contributed by atoms with Gasteiger partial charge in [0.15, 0.2) is 5.82 Å². The van der Waals surface area contributed by atoms with Crippen molar-refractivity contribution in [1.29, 1.82) is 0 Å². The van der Waals surface area contributed by atoms with Gasteiger partial charge in [0, 0.05) is 18.8 Å². The molecule has 178 valence electrons. The van der Waals surface area contributed by atoms with Gasteiger partial charge in [-0.15, -0.1) is 0 Å². The van der Waals surface area contributed by atoms with Gasteiger partial charge in [-0.05, 0) is 43.9 Å². The molecule has 1 aromatic carbocycles. The van der Waals surface area contributed by atoms with E-state index in [2.05, 4.69) is 25.4 Å². The Hall–Kier alpha value is -4.14. The van der Waals surface area contributed by atoms with E-state index in [-0.39, 0.29) is 5.69 Å². The van der Waals surface area contributed by atoms with Crippen molar-refractivity contribution in [2.75, 3.05) is 5.32 Å². The Morgan fingerprint density at radius 2 is 1.77 bits per heavy atom. The first kappa shape index (κ1) is 22.6. The van der Waals surface area contributed by atoms with Crippen molar-refractivity contribution in [2.24, 2.45) is 7.05 Å². The first-order chi connectivity index (χ1) is 16.7. The molecule has 3 heterocycles. The van der Waals surface area contributed by atoms with E-state index >= 15 is 0 Å². The van der Waals surface area contributed by atoms with E-state index in [0.717, 1.165) is 22.3 Å². The van der Waals surface area contributed by atoms with Crippen LogP contribution >= 0.6 is 0 Å². The van der Waals surface area contributed by atoms with E-state index in [1.54, 1.807) is 24.1 Å². The number of carboxylic acid groups (broad SMARTS) is 1. The number of nitrogens with zero attached hydrogens (tertiary/aromatic N) is 5. The van der Waals surface area contributed by atoms with Gasteiger partial charge in [-0.2, -0.15) is 5.10 Å². The normalized spacial score (nSPS) is 14.5. The van der Waals surface area contributed by atoms with E-state index in [4.69, 9.17) is 0 Å². The maximum Gasteiger partial charge on any atom is 0.314 e. The molecule has 9 heteroatoms. The van der Waals surface area contributed by atoms with Crippen LogP contribution in [0.15, 0.2) is 61.2 Å². The third-order valence-corrected chi connectivity index (χ3v) is 6.40. The van der Waals surface area contributed by atoms with Crippen LogP contribution in [0, 0.1) is 0 Å². The van der Waals surface area contributed by atoms with Gasteiger partial charge in [-0.3, -0.25) is 19.4 Å². The summed E-state index contributed by atoms with van der Waals surface area (Å²) in [5.41, 5.74) is 2.10. The zero-order valence-corrected chi connectivity index (χ0v) is 19.7. The van der Waals surface area contributed by atoms with Gasteiger partial charge in [-0.1, -0.05) is 30.3 Å². The number of aryl methyl sites for hydroxylation is 1. The number of alkyl halides is 1. The molecule has 0 atom stereocenters. The van der Waals surface area contributed by atoms with Crippen LogP contribution in [-0.2, 0) is 22.9 Å². The summed E-state index contributed by atoms with van der Waals surface area (Å²) >= 11 is 0. The topological polar surface area (TPSA) is 106 Å². The molecule has 4 aromatic rings. The first-order valence-electron chi connectivity index (χ1n) is 11.3. The summed E-state index contributed by atoms with van der Waals surface area (Å²) in [6.45, 7) is 2.87. The molecule has 3 aromatic heterocycles. The van der Waals surface area contributed by atoms with E-state index in [0.29, 0.717) is 30.2 Å². The summed E-state index contributed by atoms with van der Waals surface area (Å²) in [5.74, 6) is 0.300. The summed E-state index contributed by atoms with van der Waals surface area (Å²) in [6.07, 6.45) is 7.78. The number of aromatic nitrogens is 5. The monoisotopic (exact) mass is 472 g/mol. The Morgan fingerprint density at radius 3 is 2.37 bits per heavy atom. The summed E-state index contributed by atoms with van der Waals surface area (Å²) in [5, 5.41) is 17.0. The SMILES string of the molecule is Cn1ncc(-c2ccc(-c3ccc(C4(C(=O)O)CC4)cc3)cn2)c1Nc1cncc(C(C)(C)F)n1. The van der Waals surface area contributed by atoms with Gasteiger partial charge in [0.25, 0.3) is 0 Å². The molecule has 0 aliphatic heterocycles. The standard InChI is InChI=1S/C26H25FN6O2/c1-25(2,27)21-14-28-15-22(31-21)32-23-19(13-30-33(23)3)20-9-6-17(12-29-20)16-4-7-18(8-5-16)26(10-11-26)24(34)35/h4-9,12-15H,10-11H2,1-3H3,(H,31,32)(H,34,35). The number of aliphatic carboxylic acids is 1. The molecule has 0 unspecified atom stereocenters.